The summed E-state index contributed by atoms with van der Waals surface area (Å²) in [7, 11) is 0. The van der Waals surface area contributed by atoms with E-state index in [1.54, 1.807) is 16.8 Å². The standard InChI is InChI=1S/C23H27N5O4/c1-4-11-26-17-21(29)27-18(3)22(30)25(12-14-32-13-5-2)16-20(27)28(26)23(31)24-15-19-9-7-6-8-10-19/h1-2,6-10,18,20H,11-17H2,3H3,(H,24,31)/t18-,20-/m0/s1. The highest BCUT2D eigenvalue weighted by Crippen LogP contribution is 2.26. The topological polar surface area (TPSA) is 85.4 Å². The molecule has 168 valence electrons. The molecule has 3 rings (SSSR count). The molecule has 2 saturated heterocycles. The summed E-state index contributed by atoms with van der Waals surface area (Å²) in [5.74, 6) is 4.44. The van der Waals surface area contributed by atoms with Crippen molar-refractivity contribution in [3.05, 3.63) is 35.9 Å². The van der Waals surface area contributed by atoms with Crippen LogP contribution in [0, 0.1) is 24.7 Å². The van der Waals surface area contributed by atoms with Crippen molar-refractivity contribution in [3.8, 4) is 24.7 Å². The van der Waals surface area contributed by atoms with Crippen molar-refractivity contribution in [2.45, 2.75) is 25.7 Å². The number of hydrogen-bond acceptors (Lipinski definition) is 5. The van der Waals surface area contributed by atoms with Gasteiger partial charge in [0, 0.05) is 13.1 Å². The van der Waals surface area contributed by atoms with E-state index in [0.29, 0.717) is 13.1 Å². The van der Waals surface area contributed by atoms with Gasteiger partial charge in [0.05, 0.1) is 26.2 Å². The fourth-order valence-electron chi connectivity index (χ4n) is 3.96. The summed E-state index contributed by atoms with van der Waals surface area (Å²) in [6, 6.07) is 8.39. The normalized spacial score (nSPS) is 21.0. The monoisotopic (exact) mass is 437 g/mol. The minimum absolute atomic E-state index is 0.0810. The molecule has 2 aliphatic heterocycles. The van der Waals surface area contributed by atoms with Crippen molar-refractivity contribution >= 4 is 17.8 Å². The lowest BCUT2D eigenvalue weighted by molar-refractivity contribution is -0.188. The Balaban J connectivity index is 1.80. The van der Waals surface area contributed by atoms with Crippen LogP contribution in [0.2, 0.25) is 0 Å². The number of nitrogens with zero attached hydrogens (tertiary/aromatic N) is 4. The van der Waals surface area contributed by atoms with Crippen LogP contribution in [0.3, 0.4) is 0 Å². The van der Waals surface area contributed by atoms with Crippen molar-refractivity contribution in [1.29, 1.82) is 0 Å². The number of piperazine rings is 1. The molecule has 0 saturated carbocycles. The Kier molecular flexibility index (Phi) is 7.72. The van der Waals surface area contributed by atoms with Crippen LogP contribution in [0.15, 0.2) is 30.3 Å². The van der Waals surface area contributed by atoms with E-state index in [0.717, 1.165) is 5.56 Å². The molecule has 4 amide bonds. The van der Waals surface area contributed by atoms with Crippen LogP contribution in [0.1, 0.15) is 12.5 Å². The summed E-state index contributed by atoms with van der Waals surface area (Å²) in [6.45, 7) is 2.85. The number of carbonyl (C=O) groups excluding carboxylic acids is 3. The number of amides is 4. The van der Waals surface area contributed by atoms with E-state index < -0.39 is 18.2 Å². The van der Waals surface area contributed by atoms with Gasteiger partial charge in [0.15, 0.2) is 0 Å². The molecule has 1 N–H and O–H groups in total. The third-order valence-corrected chi connectivity index (χ3v) is 5.44. The van der Waals surface area contributed by atoms with Gasteiger partial charge in [-0.05, 0) is 12.5 Å². The molecule has 0 unspecified atom stereocenters. The Bertz CT molecular complexity index is 923. The van der Waals surface area contributed by atoms with E-state index in [-0.39, 0.29) is 44.7 Å². The average molecular weight is 438 g/mol. The lowest BCUT2D eigenvalue weighted by Gasteiger charge is -2.54. The Morgan fingerprint density at radius 3 is 2.66 bits per heavy atom. The number of hydrazine groups is 1. The molecule has 0 spiro atoms. The smallest absolute Gasteiger partial charge is 0.334 e. The first-order chi connectivity index (χ1) is 15.5. The number of hydrogen-bond donors (Lipinski definition) is 1. The second-order valence-corrected chi connectivity index (χ2v) is 7.51. The molecule has 32 heavy (non-hydrogen) atoms. The van der Waals surface area contributed by atoms with Gasteiger partial charge < -0.3 is 19.9 Å². The zero-order valence-electron chi connectivity index (χ0n) is 18.1. The van der Waals surface area contributed by atoms with Crippen LogP contribution >= 0.6 is 0 Å². The predicted octanol–water partition coefficient (Wildman–Crippen LogP) is 0.0972. The van der Waals surface area contributed by atoms with Crippen molar-refractivity contribution in [2.24, 2.45) is 0 Å². The summed E-state index contributed by atoms with van der Waals surface area (Å²) in [4.78, 5) is 42.0. The highest BCUT2D eigenvalue weighted by atomic mass is 16.5. The maximum absolute atomic E-state index is 13.2. The SMILES string of the molecule is C#CCOCCN1C[C@H]2N(C(=O)CN(CC#C)N2C(=O)NCc2ccccc2)[C@@H](C)C1=O. The molecule has 1 aromatic rings. The number of urea groups is 1. The van der Waals surface area contributed by atoms with Gasteiger partial charge in [0.1, 0.15) is 18.8 Å². The van der Waals surface area contributed by atoms with E-state index in [9.17, 15) is 14.4 Å². The lowest BCUT2D eigenvalue weighted by Crippen LogP contribution is -2.76. The lowest BCUT2D eigenvalue weighted by atomic mass is 10.1. The van der Waals surface area contributed by atoms with Crippen molar-refractivity contribution in [1.82, 2.24) is 25.1 Å². The second-order valence-electron chi connectivity index (χ2n) is 7.51. The zero-order valence-corrected chi connectivity index (χ0v) is 18.1. The third-order valence-electron chi connectivity index (χ3n) is 5.44. The van der Waals surface area contributed by atoms with E-state index in [1.807, 2.05) is 30.3 Å². The van der Waals surface area contributed by atoms with Crippen molar-refractivity contribution in [3.63, 3.8) is 0 Å². The molecule has 1 aromatic carbocycles. The maximum atomic E-state index is 13.2. The van der Waals surface area contributed by atoms with Crippen LogP contribution in [-0.2, 0) is 20.9 Å². The summed E-state index contributed by atoms with van der Waals surface area (Å²) in [5.41, 5.74) is 0.939. The molecular weight excluding hydrogens is 410 g/mol. The zero-order chi connectivity index (χ0) is 23.1. The van der Waals surface area contributed by atoms with Gasteiger partial charge >= 0.3 is 6.03 Å². The highest BCUT2D eigenvalue weighted by Gasteiger charge is 2.49. The third kappa shape index (κ3) is 5.02. The molecule has 2 heterocycles. The van der Waals surface area contributed by atoms with Gasteiger partial charge in [-0.1, -0.05) is 42.2 Å². The molecule has 0 radical (unpaired) electrons. The van der Waals surface area contributed by atoms with Gasteiger partial charge in [0.25, 0.3) is 0 Å². The van der Waals surface area contributed by atoms with Crippen LogP contribution in [-0.4, -0.2) is 89.3 Å². The van der Waals surface area contributed by atoms with E-state index in [2.05, 4.69) is 17.2 Å². The summed E-state index contributed by atoms with van der Waals surface area (Å²) >= 11 is 0. The number of carbonyl (C=O) groups is 3. The number of rotatable bonds is 7. The van der Waals surface area contributed by atoms with Gasteiger partial charge in [-0.25, -0.2) is 9.80 Å². The van der Waals surface area contributed by atoms with Crippen LogP contribution in [0.4, 0.5) is 4.79 Å². The molecular formula is C23H27N5O4. The molecule has 0 bridgehead atoms. The average Bonchev–Trinajstić information content (AvgIpc) is 2.79. The first-order valence-electron chi connectivity index (χ1n) is 10.4. The summed E-state index contributed by atoms with van der Waals surface area (Å²) in [5, 5.41) is 5.90. The first kappa shape index (κ1) is 23.1. The van der Waals surface area contributed by atoms with E-state index in [1.165, 1.54) is 9.91 Å². The number of ether oxygens (including phenoxy) is 1. The van der Waals surface area contributed by atoms with Crippen LogP contribution < -0.4 is 5.32 Å². The molecule has 2 aliphatic rings. The Morgan fingerprint density at radius 2 is 1.97 bits per heavy atom. The minimum atomic E-state index is -0.716. The molecule has 2 fully saturated rings. The Hall–Kier alpha value is -3.53. The minimum Gasteiger partial charge on any atom is -0.367 e. The second kappa shape index (κ2) is 10.7. The fraction of sp³-hybridized carbons (Fsp3) is 0.435. The number of terminal acetylenes is 2. The van der Waals surface area contributed by atoms with Gasteiger partial charge in [-0.3, -0.25) is 9.59 Å². The number of fused-ring (bicyclic) bond motifs is 1. The number of benzene rings is 1. The molecule has 9 heteroatoms. The molecule has 0 aromatic heterocycles. The van der Waals surface area contributed by atoms with Crippen LogP contribution in [0.5, 0.6) is 0 Å². The number of nitrogens with one attached hydrogen (secondary N) is 1. The highest BCUT2D eigenvalue weighted by molar-refractivity contribution is 5.91. The van der Waals surface area contributed by atoms with Crippen LogP contribution in [0.25, 0.3) is 0 Å². The van der Waals surface area contributed by atoms with E-state index in [4.69, 9.17) is 17.6 Å². The van der Waals surface area contributed by atoms with Gasteiger partial charge in [0.2, 0.25) is 11.8 Å². The Labute approximate surface area is 188 Å². The quantitative estimate of drug-likeness (QED) is 0.483. The van der Waals surface area contributed by atoms with Gasteiger partial charge in [-0.15, -0.1) is 12.8 Å². The Morgan fingerprint density at radius 1 is 1.22 bits per heavy atom. The summed E-state index contributed by atoms with van der Waals surface area (Å²) in [6.07, 6.45) is 10.0. The largest absolute Gasteiger partial charge is 0.367 e. The molecule has 2 atom stereocenters. The van der Waals surface area contributed by atoms with Crippen molar-refractivity contribution in [2.75, 3.05) is 39.4 Å². The van der Waals surface area contributed by atoms with E-state index >= 15 is 0 Å². The van der Waals surface area contributed by atoms with Gasteiger partial charge in [-0.2, -0.15) is 5.01 Å². The fourth-order valence-corrected chi connectivity index (χ4v) is 3.96. The summed E-state index contributed by atoms with van der Waals surface area (Å²) < 4.78 is 5.31. The first-order valence-corrected chi connectivity index (χ1v) is 10.4. The maximum Gasteiger partial charge on any atom is 0.334 e. The van der Waals surface area contributed by atoms with Crippen molar-refractivity contribution < 1.29 is 19.1 Å². The predicted molar refractivity (Wildman–Crippen MR) is 117 cm³/mol. The molecule has 9 nitrogen and oxygen atoms in total. The molecule has 0 aliphatic carbocycles.